The van der Waals surface area contributed by atoms with Crippen LogP contribution >= 0.6 is 0 Å². The van der Waals surface area contributed by atoms with Crippen LogP contribution in [-0.2, 0) is 0 Å². The fourth-order valence-corrected chi connectivity index (χ4v) is 0. The maximum atomic E-state index is 0. The summed E-state index contributed by atoms with van der Waals surface area (Å²) in [6.45, 7) is 0. The Morgan fingerprint density at radius 2 is 0.750 bits per heavy atom. The van der Waals surface area contributed by atoms with Crippen molar-refractivity contribution in [3.8, 4) is 0 Å². The molecule has 0 heterocycles. The van der Waals surface area contributed by atoms with Crippen molar-refractivity contribution in [3.05, 3.63) is 0 Å². The fraction of sp³-hybridized carbons (Fsp3) is 1.00. The molecule has 0 aromatic heterocycles. The second-order valence-corrected chi connectivity index (χ2v) is 0. The van der Waals surface area contributed by atoms with E-state index in [1.165, 1.54) is 0 Å². The van der Waals surface area contributed by atoms with Crippen LogP contribution in [0.25, 0.3) is 0 Å². The first kappa shape index (κ1) is 117. The van der Waals surface area contributed by atoms with Gasteiger partial charge in [0.1, 0.15) is 0 Å². The smallest absolute Gasteiger partial charge is 0.0149 e. The molecule has 0 radical (unpaired) electrons. The summed E-state index contributed by atoms with van der Waals surface area (Å²) < 4.78 is 0. The minimum absolute atomic E-state index is 0. The fourth-order valence-electron chi connectivity index (χ4n) is 0. The summed E-state index contributed by atoms with van der Waals surface area (Å²) in [7, 11) is 0. The van der Waals surface area contributed by atoms with E-state index in [0.29, 0.717) is 0 Å². The molecule has 0 fully saturated rings. The summed E-state index contributed by atoms with van der Waals surface area (Å²) >= 11 is 0. The normalized spacial score (nSPS) is 0. The Hall–Kier alpha value is 0.760. The predicted molar refractivity (Wildman–Crippen MR) is 36.1 cm³/mol. The number of hydrogen-bond acceptors (Lipinski definition) is 0. The largest absolute Gasteiger partial charge is 0.0149 e. The van der Waals surface area contributed by atoms with Crippen LogP contribution in [0.3, 0.4) is 0 Å². The Labute approximate surface area is 44.0 Å². The maximum absolute atomic E-state index is 0. The minimum atomic E-state index is 0. The third-order valence-electron chi connectivity index (χ3n) is 0. The van der Waals surface area contributed by atoms with E-state index < -0.39 is 0 Å². The minimum Gasteiger partial charge on any atom is -0.0149 e. The van der Waals surface area contributed by atoms with Crippen molar-refractivity contribution in [2.24, 2.45) is 0 Å². The Kier molecular flexibility index (Phi) is 1450. The quantitative estimate of drug-likeness (QED) is 0.355. The zero-order chi connectivity index (χ0) is 0. The van der Waals surface area contributed by atoms with Crippen molar-refractivity contribution < 1.29 is 0 Å². The Balaban J connectivity index is 0. The molecular weight excluding hydrogens is 125 g/mol. The monoisotopic (exact) mass is 142 g/mol. The van der Waals surface area contributed by atoms with Gasteiger partial charge in [-0.1, -0.05) is 14.9 Å². The van der Waals surface area contributed by atoms with Gasteiger partial charge in [-0.2, -0.15) is 0 Å². The molecule has 0 saturated carbocycles. The van der Waals surface area contributed by atoms with Crippen LogP contribution in [0.15, 0.2) is 0 Å². The predicted octanol–water partition coefficient (Wildman–Crippen LogP) is -1.63. The molecule has 0 aliphatic heterocycles. The average Bonchev–Trinajstić information content (AvgIpc) is 0. The van der Waals surface area contributed by atoms with Crippen molar-refractivity contribution >= 4 is 28.6 Å². The van der Waals surface area contributed by atoms with Crippen LogP contribution < -0.4 is 0 Å². The van der Waals surface area contributed by atoms with Gasteiger partial charge in [0.2, 0.25) is 0 Å². The first-order valence-corrected chi connectivity index (χ1v) is 0. The van der Waals surface area contributed by atoms with Crippen LogP contribution in [0.2, 0.25) is 0 Å². The Bertz CT molecular complexity index is 6.00. The molecular formula is C2H16GeSi. The van der Waals surface area contributed by atoms with Crippen LogP contribution in [0.4, 0.5) is 0 Å². The molecule has 0 bridgehead atoms. The van der Waals surface area contributed by atoms with Gasteiger partial charge in [-0.25, -0.2) is 0 Å². The van der Waals surface area contributed by atoms with Crippen molar-refractivity contribution in [1.29, 1.82) is 0 Å². The zero-order valence-corrected chi connectivity index (χ0v) is 0. The zero-order valence-electron chi connectivity index (χ0n) is 0. The molecule has 2 heteroatoms. The van der Waals surface area contributed by atoms with E-state index in [4.69, 9.17) is 0 Å². The van der Waals surface area contributed by atoms with Crippen molar-refractivity contribution in [2.75, 3.05) is 0 Å². The SMILES string of the molecule is C.C.[GeH4].[SiH4]. The molecule has 0 atom stereocenters. The van der Waals surface area contributed by atoms with E-state index in [2.05, 4.69) is 0 Å². The molecule has 4 heavy (non-hydrogen) atoms. The van der Waals surface area contributed by atoms with E-state index in [1.54, 1.807) is 0 Å². The van der Waals surface area contributed by atoms with E-state index in [9.17, 15) is 0 Å². The van der Waals surface area contributed by atoms with E-state index in [1.807, 2.05) is 0 Å². The molecule has 0 nitrogen and oxygen atoms in total. The van der Waals surface area contributed by atoms with E-state index in [0.717, 1.165) is 0 Å². The molecule has 0 aliphatic carbocycles. The molecule has 0 N–H and O–H groups in total. The van der Waals surface area contributed by atoms with Crippen molar-refractivity contribution in [3.63, 3.8) is 0 Å². The summed E-state index contributed by atoms with van der Waals surface area (Å²) in [6, 6.07) is 0. The first-order valence-electron chi connectivity index (χ1n) is 0. The van der Waals surface area contributed by atoms with Crippen molar-refractivity contribution in [1.82, 2.24) is 0 Å². The molecule has 0 saturated heterocycles. The summed E-state index contributed by atoms with van der Waals surface area (Å²) in [6.07, 6.45) is 0. The van der Waals surface area contributed by atoms with Gasteiger partial charge >= 0.3 is 17.6 Å². The second kappa shape index (κ2) is 49.6. The van der Waals surface area contributed by atoms with Gasteiger partial charge in [0, 0.05) is 0 Å². The molecule has 0 spiro atoms. The topological polar surface area (TPSA) is 0 Å². The third kappa shape index (κ3) is 14.8. The average molecular weight is 141 g/mol. The molecule has 0 aliphatic rings. The summed E-state index contributed by atoms with van der Waals surface area (Å²) in [5.74, 6) is 0. The number of hydrogen-bond donors (Lipinski definition) is 0. The number of rotatable bonds is 0. The van der Waals surface area contributed by atoms with Gasteiger partial charge < -0.3 is 0 Å². The van der Waals surface area contributed by atoms with Crippen molar-refractivity contribution in [2.45, 2.75) is 14.9 Å². The van der Waals surface area contributed by atoms with Crippen LogP contribution in [0, 0.1) is 0 Å². The molecule has 0 unspecified atom stereocenters. The van der Waals surface area contributed by atoms with Gasteiger partial charge in [-0.3, -0.25) is 0 Å². The Morgan fingerprint density at radius 1 is 0.750 bits per heavy atom. The van der Waals surface area contributed by atoms with Gasteiger partial charge in [0.05, 0.1) is 0 Å². The van der Waals surface area contributed by atoms with Gasteiger partial charge in [-0.05, 0) is 11.0 Å². The van der Waals surface area contributed by atoms with E-state index in [-0.39, 0.29) is 43.4 Å². The Morgan fingerprint density at radius 3 is 0.750 bits per heavy atom. The molecule has 0 amide bonds. The van der Waals surface area contributed by atoms with E-state index >= 15 is 0 Å². The summed E-state index contributed by atoms with van der Waals surface area (Å²) in [4.78, 5) is 0. The van der Waals surface area contributed by atoms with Crippen LogP contribution in [-0.4, -0.2) is 28.6 Å². The second-order valence-electron chi connectivity index (χ2n) is 0. The van der Waals surface area contributed by atoms with Crippen LogP contribution in [0.1, 0.15) is 14.9 Å². The van der Waals surface area contributed by atoms with Crippen LogP contribution in [0.5, 0.6) is 0 Å². The first-order chi connectivity index (χ1) is 0. The van der Waals surface area contributed by atoms with Gasteiger partial charge in [-0.15, -0.1) is 0 Å². The third-order valence-corrected chi connectivity index (χ3v) is 0. The standard InChI is InChI=1S/2CH4.GeH4.H4Si/h4*1H4. The maximum Gasteiger partial charge on any atom is -0.0149 e. The molecule has 0 rings (SSSR count). The molecule has 0 aromatic carbocycles. The van der Waals surface area contributed by atoms with Gasteiger partial charge in [0.25, 0.3) is 0 Å². The molecule has 0 aromatic rings. The van der Waals surface area contributed by atoms with Gasteiger partial charge in [0.15, 0.2) is 0 Å². The summed E-state index contributed by atoms with van der Waals surface area (Å²) in [5, 5.41) is 0. The summed E-state index contributed by atoms with van der Waals surface area (Å²) in [5.41, 5.74) is 0. The molecule has 32 valence electrons.